The van der Waals surface area contributed by atoms with E-state index in [0.717, 1.165) is 10.8 Å². The molecule has 2 rings (SSSR count). The maximum absolute atomic E-state index is 11.5. The summed E-state index contributed by atoms with van der Waals surface area (Å²) in [5, 5.41) is 15.8. The Morgan fingerprint density at radius 1 is 1.30 bits per heavy atom. The van der Waals surface area contributed by atoms with E-state index < -0.39 is 0 Å². The number of carbonyl (C=O) groups is 1. The molecule has 0 heterocycles. The Balaban J connectivity index is 2.14. The van der Waals surface area contributed by atoms with Gasteiger partial charge in [0.2, 0.25) is 5.91 Å². The predicted octanol–water partition coefficient (Wildman–Crippen LogP) is 3.04. The number of hydrogen-bond acceptors (Lipinski definition) is 3. The number of benzene rings is 2. The van der Waals surface area contributed by atoms with E-state index >= 15 is 0 Å². The monoisotopic (exact) mass is 270 g/mol. The van der Waals surface area contributed by atoms with Crippen molar-refractivity contribution in [2.24, 2.45) is 11.0 Å². The van der Waals surface area contributed by atoms with Crippen molar-refractivity contribution in [3.05, 3.63) is 42.0 Å². The highest BCUT2D eigenvalue weighted by atomic mass is 16.3. The van der Waals surface area contributed by atoms with E-state index in [1.54, 1.807) is 6.07 Å². The summed E-state index contributed by atoms with van der Waals surface area (Å²) in [6, 6.07) is 11.2. The van der Waals surface area contributed by atoms with Crippen LogP contribution in [0.25, 0.3) is 10.8 Å². The molecule has 0 aliphatic heterocycles. The summed E-state index contributed by atoms with van der Waals surface area (Å²) in [6.45, 7) is 3.94. The lowest BCUT2D eigenvalue weighted by Crippen LogP contribution is -2.19. The SMILES string of the molecule is CC(C)CC(=O)N/N=C/c1ccc2ccccc2c1O. The van der Waals surface area contributed by atoms with Gasteiger partial charge < -0.3 is 5.11 Å². The number of fused-ring (bicyclic) bond motifs is 1. The smallest absolute Gasteiger partial charge is 0.240 e. The van der Waals surface area contributed by atoms with Crippen molar-refractivity contribution < 1.29 is 9.90 Å². The molecule has 0 atom stereocenters. The van der Waals surface area contributed by atoms with Crippen LogP contribution in [0.3, 0.4) is 0 Å². The third-order valence-corrected chi connectivity index (χ3v) is 2.92. The molecule has 0 saturated carbocycles. The second-order valence-corrected chi connectivity index (χ2v) is 5.12. The number of phenols is 1. The zero-order chi connectivity index (χ0) is 14.5. The van der Waals surface area contributed by atoms with Gasteiger partial charge in [-0.05, 0) is 17.4 Å². The number of hydrazone groups is 1. The summed E-state index contributed by atoms with van der Waals surface area (Å²) >= 11 is 0. The minimum absolute atomic E-state index is 0.128. The molecule has 0 fully saturated rings. The van der Waals surface area contributed by atoms with Crippen LogP contribution in [-0.4, -0.2) is 17.2 Å². The number of carbonyl (C=O) groups excluding carboxylic acids is 1. The molecule has 4 heteroatoms. The average molecular weight is 270 g/mol. The first-order valence-electron chi connectivity index (χ1n) is 6.60. The number of rotatable bonds is 4. The quantitative estimate of drug-likeness (QED) is 0.662. The predicted molar refractivity (Wildman–Crippen MR) is 80.8 cm³/mol. The first kappa shape index (κ1) is 14.1. The van der Waals surface area contributed by atoms with Crippen LogP contribution in [0.1, 0.15) is 25.8 Å². The Morgan fingerprint density at radius 2 is 2.05 bits per heavy atom. The molecular formula is C16H18N2O2. The maximum atomic E-state index is 11.5. The molecule has 2 aromatic rings. The van der Waals surface area contributed by atoms with Gasteiger partial charge in [-0.25, -0.2) is 5.43 Å². The van der Waals surface area contributed by atoms with Gasteiger partial charge in [0, 0.05) is 17.4 Å². The minimum atomic E-state index is -0.128. The fourth-order valence-corrected chi connectivity index (χ4v) is 1.97. The van der Waals surface area contributed by atoms with Gasteiger partial charge in [-0.3, -0.25) is 4.79 Å². The molecule has 0 spiro atoms. The van der Waals surface area contributed by atoms with E-state index in [4.69, 9.17) is 0 Å². The lowest BCUT2D eigenvalue weighted by atomic mass is 10.1. The Labute approximate surface area is 118 Å². The van der Waals surface area contributed by atoms with Gasteiger partial charge in [0.15, 0.2) is 0 Å². The molecule has 1 amide bonds. The molecule has 0 saturated heterocycles. The molecule has 0 unspecified atom stereocenters. The molecule has 20 heavy (non-hydrogen) atoms. The first-order chi connectivity index (χ1) is 9.58. The summed E-state index contributed by atoms with van der Waals surface area (Å²) in [5.74, 6) is 0.334. The lowest BCUT2D eigenvalue weighted by Gasteiger charge is -2.05. The van der Waals surface area contributed by atoms with Crippen molar-refractivity contribution >= 4 is 22.9 Å². The maximum Gasteiger partial charge on any atom is 0.240 e. The Morgan fingerprint density at radius 3 is 2.80 bits per heavy atom. The van der Waals surface area contributed by atoms with E-state index in [2.05, 4.69) is 10.5 Å². The molecule has 0 aliphatic carbocycles. The van der Waals surface area contributed by atoms with Gasteiger partial charge in [0.1, 0.15) is 5.75 Å². The summed E-state index contributed by atoms with van der Waals surface area (Å²) in [7, 11) is 0. The molecule has 0 bridgehead atoms. The standard InChI is InChI=1S/C16H18N2O2/c1-11(2)9-15(19)18-17-10-13-8-7-12-5-3-4-6-14(12)16(13)20/h3-8,10-11,20H,9H2,1-2H3,(H,18,19)/b17-10+. The van der Waals surface area contributed by atoms with Gasteiger partial charge in [-0.2, -0.15) is 5.10 Å². The van der Waals surface area contributed by atoms with Crippen LogP contribution < -0.4 is 5.43 Å². The third-order valence-electron chi connectivity index (χ3n) is 2.92. The van der Waals surface area contributed by atoms with Crippen molar-refractivity contribution in [1.29, 1.82) is 0 Å². The Hall–Kier alpha value is -2.36. The summed E-state index contributed by atoms with van der Waals surface area (Å²) in [5.41, 5.74) is 3.03. The van der Waals surface area contributed by atoms with Crippen LogP contribution in [-0.2, 0) is 4.79 Å². The van der Waals surface area contributed by atoms with Gasteiger partial charge >= 0.3 is 0 Å². The second-order valence-electron chi connectivity index (χ2n) is 5.12. The fraction of sp³-hybridized carbons (Fsp3) is 0.250. The molecule has 0 aliphatic rings. The van der Waals surface area contributed by atoms with Crippen LogP contribution in [0, 0.1) is 5.92 Å². The molecule has 2 aromatic carbocycles. The third kappa shape index (κ3) is 3.35. The fourth-order valence-electron chi connectivity index (χ4n) is 1.97. The molecule has 0 aromatic heterocycles. The average Bonchev–Trinajstić information content (AvgIpc) is 2.41. The number of amides is 1. The van der Waals surface area contributed by atoms with Crippen LogP contribution in [0.4, 0.5) is 0 Å². The molecular weight excluding hydrogens is 252 g/mol. The van der Waals surface area contributed by atoms with Gasteiger partial charge in [0.05, 0.1) is 6.21 Å². The largest absolute Gasteiger partial charge is 0.507 e. The highest BCUT2D eigenvalue weighted by Crippen LogP contribution is 2.27. The van der Waals surface area contributed by atoms with Crippen molar-refractivity contribution in [3.8, 4) is 5.75 Å². The van der Waals surface area contributed by atoms with Gasteiger partial charge in [0.25, 0.3) is 0 Å². The van der Waals surface area contributed by atoms with Crippen LogP contribution in [0.5, 0.6) is 5.75 Å². The first-order valence-corrected chi connectivity index (χ1v) is 6.60. The van der Waals surface area contributed by atoms with Crippen molar-refractivity contribution in [2.75, 3.05) is 0 Å². The highest BCUT2D eigenvalue weighted by molar-refractivity contribution is 5.97. The number of phenolic OH excluding ortho intramolecular Hbond substituents is 1. The highest BCUT2D eigenvalue weighted by Gasteiger charge is 2.05. The number of nitrogens with one attached hydrogen (secondary N) is 1. The summed E-state index contributed by atoms with van der Waals surface area (Å²) in [4.78, 5) is 11.5. The van der Waals surface area contributed by atoms with E-state index in [1.807, 2.05) is 44.2 Å². The minimum Gasteiger partial charge on any atom is -0.507 e. The molecule has 2 N–H and O–H groups in total. The van der Waals surface area contributed by atoms with Crippen LogP contribution in [0.2, 0.25) is 0 Å². The topological polar surface area (TPSA) is 61.7 Å². The summed E-state index contributed by atoms with van der Waals surface area (Å²) < 4.78 is 0. The molecule has 0 radical (unpaired) electrons. The Bertz CT molecular complexity index is 648. The number of nitrogens with zero attached hydrogens (tertiary/aromatic N) is 1. The zero-order valence-electron chi connectivity index (χ0n) is 11.6. The van der Waals surface area contributed by atoms with Crippen LogP contribution >= 0.6 is 0 Å². The normalized spacial score (nSPS) is 11.3. The Kier molecular flexibility index (Phi) is 4.35. The van der Waals surface area contributed by atoms with Gasteiger partial charge in [-0.15, -0.1) is 0 Å². The van der Waals surface area contributed by atoms with E-state index in [9.17, 15) is 9.90 Å². The van der Waals surface area contributed by atoms with E-state index in [-0.39, 0.29) is 11.7 Å². The van der Waals surface area contributed by atoms with Crippen molar-refractivity contribution in [1.82, 2.24) is 5.43 Å². The van der Waals surface area contributed by atoms with Gasteiger partial charge in [-0.1, -0.05) is 44.2 Å². The van der Waals surface area contributed by atoms with Crippen molar-refractivity contribution in [2.45, 2.75) is 20.3 Å². The lowest BCUT2D eigenvalue weighted by molar-refractivity contribution is -0.121. The van der Waals surface area contributed by atoms with E-state index in [0.29, 0.717) is 17.9 Å². The zero-order valence-corrected chi connectivity index (χ0v) is 11.6. The number of aromatic hydroxyl groups is 1. The van der Waals surface area contributed by atoms with Crippen LogP contribution in [0.15, 0.2) is 41.5 Å². The van der Waals surface area contributed by atoms with E-state index in [1.165, 1.54) is 6.21 Å². The molecule has 104 valence electrons. The van der Waals surface area contributed by atoms with Crippen molar-refractivity contribution in [3.63, 3.8) is 0 Å². The summed E-state index contributed by atoms with van der Waals surface area (Å²) in [6.07, 6.45) is 1.89. The molecule has 4 nitrogen and oxygen atoms in total. The second kappa shape index (κ2) is 6.19. The number of hydrogen-bond donors (Lipinski definition) is 2.